The second-order valence-electron chi connectivity index (χ2n) is 1.34. The van der Waals surface area contributed by atoms with E-state index in [9.17, 15) is 0 Å². The summed E-state index contributed by atoms with van der Waals surface area (Å²) in [6.45, 7) is 3.38. The maximum Gasteiger partial charge on any atom is 0.121 e. The highest BCUT2D eigenvalue weighted by Gasteiger charge is 1.85. The third kappa shape index (κ3) is 5.72. The molecule has 0 saturated heterocycles. The van der Waals surface area contributed by atoms with E-state index in [-0.39, 0.29) is 5.17 Å². The maximum absolute atomic E-state index is 6.83. The molecule has 0 aliphatic heterocycles. The van der Waals surface area contributed by atoms with E-state index >= 15 is 0 Å². The van der Waals surface area contributed by atoms with Crippen LogP contribution in [0.3, 0.4) is 0 Å². The molecule has 2 nitrogen and oxygen atoms in total. The van der Waals surface area contributed by atoms with Crippen LogP contribution in [0.25, 0.3) is 0 Å². The van der Waals surface area contributed by atoms with Gasteiger partial charge in [-0.15, -0.1) is 0 Å². The molecule has 1 N–H and O–H groups in total. The zero-order valence-corrected chi connectivity index (χ0v) is 7.48. The van der Waals surface area contributed by atoms with Gasteiger partial charge in [-0.2, -0.15) is 0 Å². The van der Waals surface area contributed by atoms with E-state index in [1.54, 1.807) is 0 Å². The van der Waals surface area contributed by atoms with Crippen LogP contribution < -0.4 is 0 Å². The first-order valence-electron chi connectivity index (χ1n) is 2.42. The summed E-state index contributed by atoms with van der Waals surface area (Å²) in [5.74, 6) is 0. The highest BCUT2D eigenvalue weighted by atomic mass is 79.9. The van der Waals surface area contributed by atoms with Gasteiger partial charge in [-0.25, -0.2) is 0 Å². The lowest BCUT2D eigenvalue weighted by Crippen LogP contribution is -1.78. The average molecular weight is 221 g/mol. The van der Waals surface area contributed by atoms with Crippen molar-refractivity contribution in [3.05, 3.63) is 23.3 Å². The fourth-order valence-corrected chi connectivity index (χ4v) is 0.879. The van der Waals surface area contributed by atoms with Crippen molar-refractivity contribution < 1.29 is 0 Å². The second kappa shape index (κ2) is 5.38. The van der Waals surface area contributed by atoms with Gasteiger partial charge in [0.25, 0.3) is 0 Å². The van der Waals surface area contributed by atoms with Gasteiger partial charge in [-0.05, 0) is 22.0 Å². The number of aliphatic imine (C=N–C) groups is 1. The zero-order chi connectivity index (χ0) is 7.98. The van der Waals surface area contributed by atoms with Crippen molar-refractivity contribution in [1.82, 2.24) is 0 Å². The summed E-state index contributed by atoms with van der Waals surface area (Å²) in [7, 11) is 0. The molecule has 4 heteroatoms. The third-order valence-electron chi connectivity index (χ3n) is 0.568. The zero-order valence-electron chi connectivity index (χ0n) is 5.14. The summed E-state index contributed by atoms with van der Waals surface area (Å²) in [6.07, 6.45) is 4.32. The average Bonchev–Trinajstić information content (AvgIpc) is 1.82. The largest absolute Gasteiger partial charge is 0.289 e. The number of halogens is 2. The number of allylic oxidation sites excluding steroid dienone is 2. The molecule has 0 saturated carbocycles. The monoisotopic (exact) mass is 220 g/mol. The van der Waals surface area contributed by atoms with Crippen molar-refractivity contribution in [2.75, 3.05) is 0 Å². The van der Waals surface area contributed by atoms with E-state index in [2.05, 4.69) is 27.5 Å². The summed E-state index contributed by atoms with van der Waals surface area (Å²) in [5.41, 5.74) is 0. The van der Waals surface area contributed by atoms with E-state index < -0.39 is 0 Å². The molecule has 0 aliphatic rings. The first-order valence-corrected chi connectivity index (χ1v) is 3.59. The van der Waals surface area contributed by atoms with Gasteiger partial charge < -0.3 is 0 Å². The van der Waals surface area contributed by atoms with Crippen LogP contribution >= 0.6 is 27.5 Å². The lowest BCUT2D eigenvalue weighted by Gasteiger charge is -1.83. The predicted molar refractivity (Wildman–Crippen MR) is 49.3 cm³/mol. The Morgan fingerprint density at radius 3 is 2.70 bits per heavy atom. The molecule has 0 aromatic rings. The molecule has 0 amide bonds. The highest BCUT2D eigenvalue weighted by molar-refractivity contribution is 9.12. The molecule has 0 unspecified atom stereocenters. The second-order valence-corrected chi connectivity index (χ2v) is 2.66. The van der Waals surface area contributed by atoms with Crippen molar-refractivity contribution >= 4 is 38.9 Å². The Hall–Kier alpha value is -0.410. The molecule has 0 aromatic heterocycles. The van der Waals surface area contributed by atoms with Gasteiger partial charge in [0.1, 0.15) is 5.17 Å². The maximum atomic E-state index is 6.83. The minimum atomic E-state index is -0.0395. The standard InChI is InChI=1S/C6H6BrClN2/c1-2-10-4-5(7)3-6(8)9/h2-4,9H,1H2/b5-3+,9-6?,10-4?. The lowest BCUT2D eigenvalue weighted by atomic mass is 10.5. The molecule has 0 bridgehead atoms. The van der Waals surface area contributed by atoms with Gasteiger partial charge in [0.2, 0.25) is 0 Å². The van der Waals surface area contributed by atoms with Crippen molar-refractivity contribution in [3.63, 3.8) is 0 Å². The minimum absolute atomic E-state index is 0.0395. The summed E-state index contributed by atoms with van der Waals surface area (Å²) < 4.78 is 0.646. The van der Waals surface area contributed by atoms with Crippen LogP contribution in [-0.2, 0) is 0 Å². The molecule has 0 fully saturated rings. The topological polar surface area (TPSA) is 36.2 Å². The van der Waals surface area contributed by atoms with E-state index in [4.69, 9.17) is 17.0 Å². The Kier molecular flexibility index (Phi) is 5.16. The van der Waals surface area contributed by atoms with E-state index in [0.717, 1.165) is 0 Å². The van der Waals surface area contributed by atoms with E-state index in [1.165, 1.54) is 18.5 Å². The molecule has 0 aromatic carbocycles. The quantitative estimate of drug-likeness (QED) is 0.712. The fraction of sp³-hybridized carbons (Fsp3) is 0. The van der Waals surface area contributed by atoms with Crippen LogP contribution in [0, 0.1) is 5.41 Å². The molecule has 0 aliphatic carbocycles. The van der Waals surface area contributed by atoms with Gasteiger partial charge in [-0.1, -0.05) is 18.2 Å². The summed E-state index contributed by atoms with van der Waals surface area (Å²) in [5, 5.41) is 6.79. The molecule has 0 spiro atoms. The molecule has 0 rings (SSSR count). The summed E-state index contributed by atoms with van der Waals surface area (Å²) >= 11 is 8.36. The molecular formula is C6H6BrClN2. The molecule has 54 valence electrons. The van der Waals surface area contributed by atoms with Crippen molar-refractivity contribution in [1.29, 1.82) is 5.41 Å². The lowest BCUT2D eigenvalue weighted by molar-refractivity contribution is 1.56. The van der Waals surface area contributed by atoms with Crippen molar-refractivity contribution in [3.8, 4) is 0 Å². The number of hydrogen-bond donors (Lipinski definition) is 1. The summed E-state index contributed by atoms with van der Waals surface area (Å²) in [6, 6.07) is 0. The van der Waals surface area contributed by atoms with Crippen LogP contribution in [0.1, 0.15) is 0 Å². The van der Waals surface area contributed by atoms with Gasteiger partial charge in [0.05, 0.1) is 0 Å². The molecule has 0 radical (unpaired) electrons. The minimum Gasteiger partial charge on any atom is -0.289 e. The Bertz CT molecular complexity index is 196. The van der Waals surface area contributed by atoms with Crippen LogP contribution in [0.15, 0.2) is 28.3 Å². The van der Waals surface area contributed by atoms with Crippen molar-refractivity contribution in [2.24, 2.45) is 4.99 Å². The molecule has 0 atom stereocenters. The van der Waals surface area contributed by atoms with Crippen molar-refractivity contribution in [2.45, 2.75) is 0 Å². The van der Waals surface area contributed by atoms with Gasteiger partial charge in [0, 0.05) is 16.9 Å². The molecular weight excluding hydrogens is 215 g/mol. The molecule has 10 heavy (non-hydrogen) atoms. The Morgan fingerprint density at radius 1 is 1.70 bits per heavy atom. The predicted octanol–water partition coefficient (Wildman–Crippen LogP) is 2.70. The Balaban J connectivity index is 4.06. The Labute approximate surface area is 72.9 Å². The first kappa shape index (κ1) is 9.59. The normalized spacial score (nSPS) is 12.0. The fourth-order valence-electron chi connectivity index (χ4n) is 0.282. The Morgan fingerprint density at radius 2 is 2.30 bits per heavy atom. The number of nitrogens with zero attached hydrogens (tertiary/aromatic N) is 1. The first-order chi connectivity index (χ1) is 4.66. The number of rotatable bonds is 3. The summed E-state index contributed by atoms with van der Waals surface area (Å²) in [4.78, 5) is 3.69. The third-order valence-corrected chi connectivity index (χ3v) is 1.11. The van der Waals surface area contributed by atoms with Crippen LogP contribution in [0.5, 0.6) is 0 Å². The smallest absolute Gasteiger partial charge is 0.121 e. The SMILES string of the molecule is C=CN=C/C(Br)=C\C(=N)Cl. The highest BCUT2D eigenvalue weighted by Crippen LogP contribution is 2.02. The van der Waals surface area contributed by atoms with Crippen LogP contribution in [-0.4, -0.2) is 11.4 Å². The van der Waals surface area contributed by atoms with Crippen LogP contribution in [0.4, 0.5) is 0 Å². The van der Waals surface area contributed by atoms with Gasteiger partial charge in [-0.3, -0.25) is 10.4 Å². The number of hydrogen-bond acceptors (Lipinski definition) is 2. The van der Waals surface area contributed by atoms with E-state index in [0.29, 0.717) is 4.48 Å². The molecule has 0 heterocycles. The van der Waals surface area contributed by atoms with E-state index in [1.807, 2.05) is 0 Å². The van der Waals surface area contributed by atoms with Gasteiger partial charge >= 0.3 is 0 Å². The van der Waals surface area contributed by atoms with Gasteiger partial charge in [0.15, 0.2) is 0 Å². The van der Waals surface area contributed by atoms with Crippen LogP contribution in [0.2, 0.25) is 0 Å². The number of nitrogens with one attached hydrogen (secondary N) is 1.